The van der Waals surface area contributed by atoms with E-state index in [2.05, 4.69) is 22.9 Å². The maximum atomic E-state index is 12.0. The van der Waals surface area contributed by atoms with E-state index in [-0.39, 0.29) is 5.91 Å². The standard InChI is InChI=1S/C17H24Cl3N3OS/c1-2-3-4-8-11-14(24)22-15(17(18,19)20)23-16(25)21-12-13-9-6-5-7-10-13/h5-7,9-10,15H,2-4,8,11-12H2,1H3,(H,22,24)(H2,21,23,25). The zero-order chi connectivity index (χ0) is 18.7. The maximum absolute atomic E-state index is 12.0. The first-order valence-electron chi connectivity index (χ1n) is 8.27. The second-order valence-electron chi connectivity index (χ2n) is 5.67. The number of hydrogen-bond donors (Lipinski definition) is 3. The summed E-state index contributed by atoms with van der Waals surface area (Å²) in [7, 11) is 0. The van der Waals surface area contributed by atoms with Crippen LogP contribution in [0, 0.1) is 0 Å². The third-order valence-electron chi connectivity index (χ3n) is 3.46. The highest BCUT2D eigenvalue weighted by atomic mass is 35.6. The molecule has 0 saturated heterocycles. The first kappa shape index (κ1) is 22.3. The van der Waals surface area contributed by atoms with Crippen LogP contribution in [0.15, 0.2) is 30.3 Å². The van der Waals surface area contributed by atoms with Crippen molar-refractivity contribution in [3.8, 4) is 0 Å². The number of rotatable bonds is 9. The van der Waals surface area contributed by atoms with Gasteiger partial charge in [-0.2, -0.15) is 0 Å². The molecule has 0 aliphatic heterocycles. The maximum Gasteiger partial charge on any atom is 0.228 e. The first-order chi connectivity index (χ1) is 11.8. The van der Waals surface area contributed by atoms with Gasteiger partial charge in [-0.05, 0) is 24.2 Å². The Hall–Kier alpha value is -0.750. The van der Waals surface area contributed by atoms with Crippen LogP contribution in [0.1, 0.15) is 44.6 Å². The summed E-state index contributed by atoms with van der Waals surface area (Å²) < 4.78 is -1.72. The van der Waals surface area contributed by atoms with E-state index in [1.165, 1.54) is 0 Å². The molecule has 0 aromatic heterocycles. The highest BCUT2D eigenvalue weighted by molar-refractivity contribution is 7.80. The predicted octanol–water partition coefficient (Wildman–Crippen LogP) is 4.43. The van der Waals surface area contributed by atoms with Crippen molar-refractivity contribution in [3.63, 3.8) is 0 Å². The SMILES string of the molecule is CCCCCCC(=O)NC(NC(=S)NCc1ccccc1)C(Cl)(Cl)Cl. The van der Waals surface area contributed by atoms with Crippen molar-refractivity contribution in [1.29, 1.82) is 0 Å². The number of nitrogens with one attached hydrogen (secondary N) is 3. The lowest BCUT2D eigenvalue weighted by molar-refractivity contribution is -0.122. The Balaban J connectivity index is 2.46. The van der Waals surface area contributed by atoms with Gasteiger partial charge in [0.2, 0.25) is 9.70 Å². The number of halogens is 3. The molecule has 0 saturated carbocycles. The number of carbonyl (C=O) groups excluding carboxylic acids is 1. The summed E-state index contributed by atoms with van der Waals surface area (Å²) in [4.78, 5) is 12.0. The summed E-state index contributed by atoms with van der Waals surface area (Å²) in [5.41, 5.74) is 1.07. The molecule has 3 N–H and O–H groups in total. The molecule has 1 amide bonds. The van der Waals surface area contributed by atoms with Crippen LogP contribution < -0.4 is 16.0 Å². The van der Waals surface area contributed by atoms with Crippen molar-refractivity contribution in [2.75, 3.05) is 0 Å². The van der Waals surface area contributed by atoms with Crippen LogP contribution in [-0.4, -0.2) is 21.0 Å². The van der Waals surface area contributed by atoms with Gasteiger partial charge in [-0.3, -0.25) is 4.79 Å². The van der Waals surface area contributed by atoms with E-state index >= 15 is 0 Å². The van der Waals surface area contributed by atoms with E-state index in [4.69, 9.17) is 47.0 Å². The monoisotopic (exact) mass is 423 g/mol. The van der Waals surface area contributed by atoms with Gasteiger partial charge in [-0.1, -0.05) is 91.3 Å². The number of alkyl halides is 3. The second-order valence-corrected chi connectivity index (χ2v) is 8.44. The van der Waals surface area contributed by atoms with Gasteiger partial charge in [0.25, 0.3) is 0 Å². The quantitative estimate of drug-likeness (QED) is 0.237. The van der Waals surface area contributed by atoms with Gasteiger partial charge in [-0.15, -0.1) is 0 Å². The molecule has 0 bridgehead atoms. The fraction of sp³-hybridized carbons (Fsp3) is 0.529. The lowest BCUT2D eigenvalue weighted by Crippen LogP contribution is -2.57. The molecule has 0 aliphatic rings. The molecule has 0 heterocycles. The lowest BCUT2D eigenvalue weighted by atomic mass is 10.1. The van der Waals surface area contributed by atoms with Crippen LogP contribution >= 0.6 is 47.0 Å². The minimum absolute atomic E-state index is 0.175. The highest BCUT2D eigenvalue weighted by Gasteiger charge is 2.34. The Morgan fingerprint density at radius 2 is 1.80 bits per heavy atom. The average Bonchev–Trinajstić information content (AvgIpc) is 2.56. The molecule has 8 heteroatoms. The number of amides is 1. The molecule has 1 aromatic rings. The summed E-state index contributed by atoms with van der Waals surface area (Å²) >= 11 is 23.1. The summed E-state index contributed by atoms with van der Waals surface area (Å²) in [6.45, 7) is 2.65. The second kappa shape index (κ2) is 11.8. The van der Waals surface area contributed by atoms with E-state index in [1.54, 1.807) is 0 Å². The Labute approximate surface area is 170 Å². The summed E-state index contributed by atoms with van der Waals surface area (Å²) in [6.07, 6.45) is 3.51. The number of thiocarbonyl (C=S) groups is 1. The molecular formula is C17H24Cl3N3OS. The van der Waals surface area contributed by atoms with Crippen LogP contribution in [-0.2, 0) is 11.3 Å². The largest absolute Gasteiger partial charge is 0.359 e. The van der Waals surface area contributed by atoms with Crippen molar-refractivity contribution in [2.45, 2.75) is 55.5 Å². The van der Waals surface area contributed by atoms with Gasteiger partial charge >= 0.3 is 0 Å². The number of hydrogen-bond acceptors (Lipinski definition) is 2. The van der Waals surface area contributed by atoms with Crippen LogP contribution in [0.5, 0.6) is 0 Å². The number of benzene rings is 1. The van der Waals surface area contributed by atoms with Gasteiger partial charge in [0.15, 0.2) is 5.11 Å². The van der Waals surface area contributed by atoms with E-state index < -0.39 is 9.96 Å². The van der Waals surface area contributed by atoms with Crippen LogP contribution in [0.3, 0.4) is 0 Å². The van der Waals surface area contributed by atoms with Gasteiger partial charge in [0.05, 0.1) is 0 Å². The Morgan fingerprint density at radius 1 is 1.12 bits per heavy atom. The van der Waals surface area contributed by atoms with Gasteiger partial charge < -0.3 is 16.0 Å². The Kier molecular flexibility index (Phi) is 10.5. The summed E-state index contributed by atoms with van der Waals surface area (Å²) in [6, 6.07) is 9.77. The predicted molar refractivity (Wildman–Crippen MR) is 110 cm³/mol. The third kappa shape index (κ3) is 10.1. The summed E-state index contributed by atoms with van der Waals surface area (Å²) in [5, 5.41) is 8.87. The van der Waals surface area contributed by atoms with Crippen LogP contribution in [0.25, 0.3) is 0 Å². The molecule has 0 aliphatic carbocycles. The van der Waals surface area contributed by atoms with E-state index in [1.807, 2.05) is 30.3 Å². The van der Waals surface area contributed by atoms with Crippen molar-refractivity contribution >= 4 is 58.0 Å². The number of carbonyl (C=O) groups is 1. The Morgan fingerprint density at radius 3 is 2.40 bits per heavy atom. The van der Waals surface area contributed by atoms with Gasteiger partial charge in [-0.25, -0.2) is 0 Å². The van der Waals surface area contributed by atoms with E-state index in [0.29, 0.717) is 18.1 Å². The number of unbranched alkanes of at least 4 members (excludes halogenated alkanes) is 3. The molecule has 0 fully saturated rings. The zero-order valence-electron chi connectivity index (χ0n) is 14.2. The average molecular weight is 425 g/mol. The van der Waals surface area contributed by atoms with Gasteiger partial charge in [0.1, 0.15) is 6.17 Å². The zero-order valence-corrected chi connectivity index (χ0v) is 17.2. The lowest BCUT2D eigenvalue weighted by Gasteiger charge is -2.27. The Bertz CT molecular complexity index is 538. The third-order valence-corrected chi connectivity index (χ3v) is 4.38. The molecule has 1 unspecified atom stereocenters. The highest BCUT2D eigenvalue weighted by Crippen LogP contribution is 2.29. The molecule has 0 radical (unpaired) electrons. The molecule has 1 rings (SSSR count). The van der Waals surface area contributed by atoms with Gasteiger partial charge in [0, 0.05) is 13.0 Å². The van der Waals surface area contributed by atoms with Crippen molar-refractivity contribution in [1.82, 2.24) is 16.0 Å². The molecule has 140 valence electrons. The molecule has 1 atom stereocenters. The fourth-order valence-corrected chi connectivity index (χ4v) is 2.62. The van der Waals surface area contributed by atoms with Crippen LogP contribution in [0.2, 0.25) is 0 Å². The topological polar surface area (TPSA) is 53.2 Å². The first-order valence-corrected chi connectivity index (χ1v) is 9.81. The van der Waals surface area contributed by atoms with Crippen LogP contribution in [0.4, 0.5) is 0 Å². The van der Waals surface area contributed by atoms with Crippen molar-refractivity contribution < 1.29 is 4.79 Å². The molecular weight excluding hydrogens is 401 g/mol. The molecule has 4 nitrogen and oxygen atoms in total. The molecule has 1 aromatic carbocycles. The minimum Gasteiger partial charge on any atom is -0.359 e. The normalized spacial score (nSPS) is 12.3. The van der Waals surface area contributed by atoms with Crippen molar-refractivity contribution in [3.05, 3.63) is 35.9 Å². The fourth-order valence-electron chi connectivity index (χ4n) is 2.11. The smallest absolute Gasteiger partial charge is 0.228 e. The van der Waals surface area contributed by atoms with Crippen molar-refractivity contribution in [2.24, 2.45) is 0 Å². The minimum atomic E-state index is -1.72. The molecule has 0 spiro atoms. The molecule has 25 heavy (non-hydrogen) atoms. The van der Waals surface area contributed by atoms with E-state index in [9.17, 15) is 4.79 Å². The van der Waals surface area contributed by atoms with E-state index in [0.717, 1.165) is 31.2 Å². The summed E-state index contributed by atoms with van der Waals surface area (Å²) in [5.74, 6) is -0.175.